The Bertz CT molecular complexity index is 324. The van der Waals surface area contributed by atoms with Gasteiger partial charge in [0.15, 0.2) is 0 Å². The van der Waals surface area contributed by atoms with Crippen LogP contribution in [0.3, 0.4) is 0 Å². The van der Waals surface area contributed by atoms with Crippen molar-refractivity contribution in [2.45, 2.75) is 25.4 Å². The van der Waals surface area contributed by atoms with Crippen LogP contribution in [0, 0.1) is 5.92 Å². The molecule has 1 aliphatic carbocycles. The molecule has 1 aliphatic rings. The van der Waals surface area contributed by atoms with E-state index in [0.29, 0.717) is 12.3 Å². The van der Waals surface area contributed by atoms with Gasteiger partial charge >= 0.3 is 0 Å². The summed E-state index contributed by atoms with van der Waals surface area (Å²) in [6, 6.07) is 7.71. The predicted molar refractivity (Wildman–Crippen MR) is 53.9 cm³/mol. The molecule has 2 atom stereocenters. The monoisotopic (exact) mass is 196 g/mol. The topological polar surface area (TPSA) is 20.2 Å². The van der Waals surface area contributed by atoms with Crippen molar-refractivity contribution in [3.05, 3.63) is 34.9 Å². The molecule has 0 saturated heterocycles. The normalized spacial score (nSPS) is 31.8. The van der Waals surface area contributed by atoms with Crippen LogP contribution in [0.25, 0.3) is 0 Å². The Morgan fingerprint density at radius 1 is 1.54 bits per heavy atom. The van der Waals surface area contributed by atoms with Crippen molar-refractivity contribution >= 4 is 11.6 Å². The van der Waals surface area contributed by atoms with Gasteiger partial charge in [-0.1, -0.05) is 36.7 Å². The molecule has 1 aromatic carbocycles. The lowest BCUT2D eigenvalue weighted by Crippen LogP contribution is -2.14. The molecular formula is C11H13ClO. The highest BCUT2D eigenvalue weighted by molar-refractivity contribution is 6.31. The van der Waals surface area contributed by atoms with Crippen LogP contribution in [0.2, 0.25) is 5.02 Å². The summed E-state index contributed by atoms with van der Waals surface area (Å²) in [7, 11) is 0. The summed E-state index contributed by atoms with van der Waals surface area (Å²) in [5.41, 5.74) is 0.571. The Kier molecular flexibility index (Phi) is 2.09. The summed E-state index contributed by atoms with van der Waals surface area (Å²) in [6.45, 7) is 2.07. The average molecular weight is 197 g/mol. The lowest BCUT2D eigenvalue weighted by molar-refractivity contribution is 0.135. The van der Waals surface area contributed by atoms with Crippen LogP contribution in [0.5, 0.6) is 0 Å². The Hall–Kier alpha value is -0.530. The van der Waals surface area contributed by atoms with Crippen LogP contribution in [-0.4, -0.2) is 10.7 Å². The standard InChI is InChI=1S/C11H13ClO/c1-8-6-11(8,13)7-9-4-2-3-5-10(9)12/h2-5,8,13H,6-7H2,1H3. The van der Waals surface area contributed by atoms with Gasteiger partial charge in [-0.2, -0.15) is 0 Å². The number of hydrogen-bond acceptors (Lipinski definition) is 1. The fraction of sp³-hybridized carbons (Fsp3) is 0.455. The van der Waals surface area contributed by atoms with Crippen molar-refractivity contribution in [1.29, 1.82) is 0 Å². The largest absolute Gasteiger partial charge is 0.389 e. The fourth-order valence-corrected chi connectivity index (χ4v) is 1.89. The number of aliphatic hydroxyl groups is 1. The van der Waals surface area contributed by atoms with E-state index in [4.69, 9.17) is 11.6 Å². The fourth-order valence-electron chi connectivity index (χ4n) is 1.69. The summed E-state index contributed by atoms with van der Waals surface area (Å²) in [5, 5.41) is 10.7. The lowest BCUT2D eigenvalue weighted by atomic mass is 10.1. The molecule has 1 N–H and O–H groups in total. The highest BCUT2D eigenvalue weighted by Gasteiger charge is 2.49. The van der Waals surface area contributed by atoms with Gasteiger partial charge in [0.25, 0.3) is 0 Å². The van der Waals surface area contributed by atoms with Crippen LogP contribution in [0.4, 0.5) is 0 Å². The zero-order chi connectivity index (χ0) is 9.47. The molecule has 0 spiro atoms. The lowest BCUT2D eigenvalue weighted by Gasteiger charge is -2.09. The van der Waals surface area contributed by atoms with Crippen molar-refractivity contribution in [3.8, 4) is 0 Å². The molecule has 0 heterocycles. The van der Waals surface area contributed by atoms with Crippen LogP contribution in [-0.2, 0) is 6.42 Å². The van der Waals surface area contributed by atoms with E-state index in [9.17, 15) is 5.11 Å². The van der Waals surface area contributed by atoms with E-state index in [0.717, 1.165) is 17.0 Å². The van der Waals surface area contributed by atoms with Crippen LogP contribution in [0.15, 0.2) is 24.3 Å². The molecule has 0 amide bonds. The Balaban J connectivity index is 2.15. The molecule has 13 heavy (non-hydrogen) atoms. The maximum atomic E-state index is 9.92. The third kappa shape index (κ3) is 1.72. The van der Waals surface area contributed by atoms with E-state index in [-0.39, 0.29) is 0 Å². The van der Waals surface area contributed by atoms with Gasteiger partial charge in [0, 0.05) is 11.4 Å². The van der Waals surface area contributed by atoms with Crippen molar-refractivity contribution < 1.29 is 5.11 Å². The third-order valence-electron chi connectivity index (χ3n) is 2.87. The average Bonchev–Trinajstić information content (AvgIpc) is 2.65. The van der Waals surface area contributed by atoms with Gasteiger partial charge in [0.05, 0.1) is 5.60 Å². The molecule has 2 unspecified atom stereocenters. The summed E-state index contributed by atoms with van der Waals surface area (Å²) in [6.07, 6.45) is 1.59. The Morgan fingerprint density at radius 3 is 2.69 bits per heavy atom. The van der Waals surface area contributed by atoms with Crippen molar-refractivity contribution in [2.75, 3.05) is 0 Å². The Labute approximate surface area is 83.3 Å². The van der Waals surface area contributed by atoms with E-state index < -0.39 is 5.60 Å². The number of rotatable bonds is 2. The summed E-state index contributed by atoms with van der Waals surface area (Å²) < 4.78 is 0. The summed E-state index contributed by atoms with van der Waals surface area (Å²) in [4.78, 5) is 0. The minimum atomic E-state index is -0.481. The molecule has 2 rings (SSSR count). The Morgan fingerprint density at radius 2 is 2.15 bits per heavy atom. The molecule has 1 aromatic rings. The van der Waals surface area contributed by atoms with Gasteiger partial charge < -0.3 is 5.11 Å². The maximum Gasteiger partial charge on any atom is 0.0718 e. The van der Waals surface area contributed by atoms with Crippen LogP contribution >= 0.6 is 11.6 Å². The smallest absolute Gasteiger partial charge is 0.0718 e. The molecule has 0 radical (unpaired) electrons. The van der Waals surface area contributed by atoms with E-state index in [1.807, 2.05) is 24.3 Å². The quantitative estimate of drug-likeness (QED) is 0.771. The first-order chi connectivity index (χ1) is 6.12. The van der Waals surface area contributed by atoms with E-state index in [1.165, 1.54) is 0 Å². The molecule has 0 aliphatic heterocycles. The second-order valence-electron chi connectivity index (χ2n) is 3.98. The van der Waals surface area contributed by atoms with Gasteiger partial charge in [-0.25, -0.2) is 0 Å². The van der Waals surface area contributed by atoms with Gasteiger partial charge in [-0.05, 0) is 24.0 Å². The predicted octanol–water partition coefficient (Wildman–Crippen LogP) is 2.65. The minimum absolute atomic E-state index is 0.420. The molecule has 70 valence electrons. The molecule has 1 saturated carbocycles. The molecule has 1 fully saturated rings. The van der Waals surface area contributed by atoms with Crippen LogP contribution in [0.1, 0.15) is 18.9 Å². The summed E-state index contributed by atoms with van der Waals surface area (Å²) in [5.74, 6) is 0.420. The molecule has 0 bridgehead atoms. The highest BCUT2D eigenvalue weighted by Crippen LogP contribution is 2.45. The molecule has 1 nitrogen and oxygen atoms in total. The highest BCUT2D eigenvalue weighted by atomic mass is 35.5. The van der Waals surface area contributed by atoms with Gasteiger partial charge in [0.2, 0.25) is 0 Å². The second kappa shape index (κ2) is 3.00. The number of halogens is 1. The van der Waals surface area contributed by atoms with Gasteiger partial charge in [-0.15, -0.1) is 0 Å². The number of benzene rings is 1. The van der Waals surface area contributed by atoms with Gasteiger partial charge in [0.1, 0.15) is 0 Å². The summed E-state index contributed by atoms with van der Waals surface area (Å²) >= 11 is 5.99. The zero-order valence-corrected chi connectivity index (χ0v) is 8.38. The van der Waals surface area contributed by atoms with Crippen molar-refractivity contribution in [3.63, 3.8) is 0 Å². The first-order valence-electron chi connectivity index (χ1n) is 4.57. The van der Waals surface area contributed by atoms with Gasteiger partial charge in [-0.3, -0.25) is 0 Å². The van der Waals surface area contributed by atoms with E-state index in [1.54, 1.807) is 0 Å². The molecule has 0 aromatic heterocycles. The second-order valence-corrected chi connectivity index (χ2v) is 4.38. The van der Waals surface area contributed by atoms with Crippen molar-refractivity contribution in [2.24, 2.45) is 5.92 Å². The SMILES string of the molecule is CC1CC1(O)Cc1ccccc1Cl. The third-order valence-corrected chi connectivity index (χ3v) is 3.24. The van der Waals surface area contributed by atoms with Crippen LogP contribution < -0.4 is 0 Å². The van der Waals surface area contributed by atoms with E-state index >= 15 is 0 Å². The molecular weight excluding hydrogens is 184 g/mol. The van der Waals surface area contributed by atoms with Crippen molar-refractivity contribution in [1.82, 2.24) is 0 Å². The first kappa shape index (κ1) is 9.04. The minimum Gasteiger partial charge on any atom is -0.389 e. The maximum absolute atomic E-state index is 9.92. The number of hydrogen-bond donors (Lipinski definition) is 1. The van der Waals surface area contributed by atoms with E-state index in [2.05, 4.69) is 6.92 Å². The zero-order valence-electron chi connectivity index (χ0n) is 7.63. The first-order valence-corrected chi connectivity index (χ1v) is 4.95. The molecule has 2 heteroatoms.